The normalized spacial score (nSPS) is 13.1. The smallest absolute Gasteiger partial charge is 0.0316 e. The zero-order valence-corrected chi connectivity index (χ0v) is 10.0. The van der Waals surface area contributed by atoms with E-state index in [0.29, 0.717) is 6.04 Å². The topological polar surface area (TPSA) is 29.3 Å². The fourth-order valence-electron chi connectivity index (χ4n) is 1.72. The number of aryl methyl sites for hydroxylation is 1. The average Bonchev–Trinajstić information content (AvgIpc) is 2.24. The molecule has 0 saturated heterocycles. The molecule has 0 spiro atoms. The van der Waals surface area contributed by atoms with Gasteiger partial charge >= 0.3 is 0 Å². The Balaban J connectivity index is 2.62. The molecule has 1 aromatic rings. The molecule has 1 unspecified atom stereocenters. The van der Waals surface area contributed by atoms with Gasteiger partial charge in [0.2, 0.25) is 0 Å². The highest BCUT2D eigenvalue weighted by Gasteiger charge is 2.10. The fourth-order valence-corrected chi connectivity index (χ4v) is 1.72. The molecule has 0 aliphatic heterocycles. The average molecular weight is 206 g/mol. The first-order valence-electron chi connectivity index (χ1n) is 5.62. The van der Waals surface area contributed by atoms with Crippen LogP contribution in [0.5, 0.6) is 0 Å². The van der Waals surface area contributed by atoms with E-state index < -0.39 is 0 Å². The van der Waals surface area contributed by atoms with Crippen molar-refractivity contribution in [2.45, 2.75) is 26.3 Å². The van der Waals surface area contributed by atoms with Crippen molar-refractivity contribution in [3.8, 4) is 0 Å². The number of benzene rings is 1. The van der Waals surface area contributed by atoms with Crippen LogP contribution in [0.1, 0.15) is 30.5 Å². The molecule has 0 bridgehead atoms. The Morgan fingerprint density at radius 3 is 2.73 bits per heavy atom. The van der Waals surface area contributed by atoms with Gasteiger partial charge in [-0.05, 0) is 46.0 Å². The maximum absolute atomic E-state index is 5.51. The molecule has 2 heteroatoms. The van der Waals surface area contributed by atoms with Crippen LogP contribution in [0.25, 0.3) is 0 Å². The number of nitrogens with zero attached hydrogens (tertiary/aromatic N) is 1. The Kier molecular flexibility index (Phi) is 4.79. The van der Waals surface area contributed by atoms with Gasteiger partial charge in [-0.25, -0.2) is 0 Å². The van der Waals surface area contributed by atoms with E-state index in [0.717, 1.165) is 19.5 Å². The van der Waals surface area contributed by atoms with Crippen molar-refractivity contribution in [3.63, 3.8) is 0 Å². The summed E-state index contributed by atoms with van der Waals surface area (Å²) >= 11 is 0. The Bertz CT molecular complexity index is 296. The van der Waals surface area contributed by atoms with E-state index in [1.54, 1.807) is 0 Å². The number of hydrogen-bond acceptors (Lipinski definition) is 2. The number of nitrogens with two attached hydrogens (primary N) is 1. The molecule has 2 N–H and O–H groups in total. The van der Waals surface area contributed by atoms with Crippen LogP contribution < -0.4 is 5.73 Å². The molecule has 1 atom stereocenters. The highest BCUT2D eigenvalue weighted by Crippen LogP contribution is 2.19. The Morgan fingerprint density at radius 2 is 2.13 bits per heavy atom. The first-order chi connectivity index (χ1) is 7.15. The van der Waals surface area contributed by atoms with Crippen molar-refractivity contribution < 1.29 is 0 Å². The van der Waals surface area contributed by atoms with E-state index in [-0.39, 0.29) is 0 Å². The number of hydrogen-bond donors (Lipinski definition) is 1. The molecule has 0 aliphatic carbocycles. The summed E-state index contributed by atoms with van der Waals surface area (Å²) in [4.78, 5) is 2.35. The van der Waals surface area contributed by atoms with Crippen molar-refractivity contribution >= 4 is 0 Å². The second-order valence-corrected chi connectivity index (χ2v) is 4.21. The minimum Gasteiger partial charge on any atom is -0.330 e. The molecule has 0 aliphatic rings. The summed E-state index contributed by atoms with van der Waals surface area (Å²) in [5.41, 5.74) is 8.22. The third-order valence-corrected chi connectivity index (χ3v) is 2.90. The van der Waals surface area contributed by atoms with Gasteiger partial charge in [-0.2, -0.15) is 0 Å². The summed E-state index contributed by atoms with van der Waals surface area (Å²) in [7, 11) is 2.16. The van der Waals surface area contributed by atoms with E-state index in [9.17, 15) is 0 Å². The molecule has 0 fully saturated rings. The van der Waals surface area contributed by atoms with Crippen LogP contribution in [0.4, 0.5) is 0 Å². The standard InChI is InChI=1S/C13H22N2/c1-11-6-4-7-13(10-11)12(2)15(3)9-5-8-14/h4,6-7,10,12H,5,8-9,14H2,1-3H3. The van der Waals surface area contributed by atoms with Crippen LogP contribution in [0.2, 0.25) is 0 Å². The summed E-state index contributed by atoms with van der Waals surface area (Å²) in [6, 6.07) is 9.17. The van der Waals surface area contributed by atoms with Crippen molar-refractivity contribution in [1.29, 1.82) is 0 Å². The third-order valence-electron chi connectivity index (χ3n) is 2.90. The van der Waals surface area contributed by atoms with E-state index in [1.165, 1.54) is 11.1 Å². The van der Waals surface area contributed by atoms with E-state index in [1.807, 2.05) is 0 Å². The second kappa shape index (κ2) is 5.89. The zero-order chi connectivity index (χ0) is 11.3. The van der Waals surface area contributed by atoms with Crippen molar-refractivity contribution in [3.05, 3.63) is 35.4 Å². The molecule has 84 valence electrons. The van der Waals surface area contributed by atoms with Gasteiger partial charge in [-0.3, -0.25) is 4.90 Å². The highest BCUT2D eigenvalue weighted by molar-refractivity contribution is 5.24. The summed E-state index contributed by atoms with van der Waals surface area (Å²) in [5.74, 6) is 0. The molecule has 0 aromatic heterocycles. The zero-order valence-electron chi connectivity index (χ0n) is 10.0. The van der Waals surface area contributed by atoms with Crippen molar-refractivity contribution in [1.82, 2.24) is 4.90 Å². The fraction of sp³-hybridized carbons (Fsp3) is 0.538. The molecular weight excluding hydrogens is 184 g/mol. The summed E-state index contributed by atoms with van der Waals surface area (Å²) in [6.45, 7) is 6.21. The van der Waals surface area contributed by atoms with Gasteiger partial charge in [0.05, 0.1) is 0 Å². The molecule has 0 saturated carbocycles. The van der Waals surface area contributed by atoms with Gasteiger partial charge in [0.25, 0.3) is 0 Å². The molecule has 15 heavy (non-hydrogen) atoms. The van der Waals surface area contributed by atoms with Crippen LogP contribution in [0.3, 0.4) is 0 Å². The quantitative estimate of drug-likeness (QED) is 0.801. The Hall–Kier alpha value is -0.860. The van der Waals surface area contributed by atoms with E-state index in [4.69, 9.17) is 5.73 Å². The van der Waals surface area contributed by atoms with Crippen LogP contribution in [0, 0.1) is 6.92 Å². The summed E-state index contributed by atoms with van der Waals surface area (Å²) < 4.78 is 0. The van der Waals surface area contributed by atoms with Crippen LogP contribution in [0.15, 0.2) is 24.3 Å². The lowest BCUT2D eigenvalue weighted by Gasteiger charge is -2.25. The minimum absolute atomic E-state index is 0.469. The Morgan fingerprint density at radius 1 is 1.40 bits per heavy atom. The van der Waals surface area contributed by atoms with Crippen molar-refractivity contribution in [2.24, 2.45) is 5.73 Å². The lowest BCUT2D eigenvalue weighted by Crippen LogP contribution is -2.25. The SMILES string of the molecule is Cc1cccc(C(C)N(C)CCCN)c1. The molecule has 0 amide bonds. The van der Waals surface area contributed by atoms with Crippen LogP contribution >= 0.6 is 0 Å². The van der Waals surface area contributed by atoms with Crippen LogP contribution in [-0.4, -0.2) is 25.0 Å². The largest absolute Gasteiger partial charge is 0.330 e. The molecule has 1 aromatic carbocycles. The van der Waals surface area contributed by atoms with Gasteiger partial charge in [0.1, 0.15) is 0 Å². The molecular formula is C13H22N2. The van der Waals surface area contributed by atoms with Crippen molar-refractivity contribution in [2.75, 3.05) is 20.1 Å². The van der Waals surface area contributed by atoms with E-state index in [2.05, 4.69) is 50.1 Å². The first-order valence-corrected chi connectivity index (χ1v) is 5.62. The Labute approximate surface area is 93.1 Å². The molecule has 0 heterocycles. The third kappa shape index (κ3) is 3.65. The van der Waals surface area contributed by atoms with Gasteiger partial charge in [-0.1, -0.05) is 29.8 Å². The second-order valence-electron chi connectivity index (χ2n) is 4.21. The summed E-state index contributed by atoms with van der Waals surface area (Å²) in [6.07, 6.45) is 1.06. The summed E-state index contributed by atoms with van der Waals surface area (Å²) in [5, 5.41) is 0. The lowest BCUT2D eigenvalue weighted by atomic mass is 10.0. The number of rotatable bonds is 5. The maximum Gasteiger partial charge on any atom is 0.0316 e. The van der Waals surface area contributed by atoms with E-state index >= 15 is 0 Å². The van der Waals surface area contributed by atoms with Gasteiger partial charge in [0.15, 0.2) is 0 Å². The van der Waals surface area contributed by atoms with Gasteiger partial charge in [-0.15, -0.1) is 0 Å². The highest BCUT2D eigenvalue weighted by atomic mass is 15.1. The lowest BCUT2D eigenvalue weighted by molar-refractivity contribution is 0.260. The predicted molar refractivity (Wildman–Crippen MR) is 65.9 cm³/mol. The monoisotopic (exact) mass is 206 g/mol. The first kappa shape index (κ1) is 12.2. The minimum atomic E-state index is 0.469. The van der Waals surface area contributed by atoms with Gasteiger partial charge < -0.3 is 5.73 Å². The predicted octanol–water partition coefficient (Wildman–Crippen LogP) is 2.34. The maximum atomic E-state index is 5.51. The van der Waals surface area contributed by atoms with Gasteiger partial charge in [0, 0.05) is 6.04 Å². The molecule has 2 nitrogen and oxygen atoms in total. The van der Waals surface area contributed by atoms with Crippen LogP contribution in [-0.2, 0) is 0 Å². The molecule has 0 radical (unpaired) electrons. The molecule has 1 rings (SSSR count).